The van der Waals surface area contributed by atoms with Crippen LogP contribution in [0.4, 0.5) is 11.5 Å². The number of likely N-dealkylation sites (tertiary alicyclic amines) is 1. The van der Waals surface area contributed by atoms with E-state index in [-0.39, 0.29) is 29.9 Å². The molecule has 13 heteroatoms. The number of fused-ring (bicyclic) bond motifs is 2. The van der Waals surface area contributed by atoms with Gasteiger partial charge in [-0.1, -0.05) is 18.2 Å². The van der Waals surface area contributed by atoms with Crippen molar-refractivity contribution in [3.8, 4) is 0 Å². The number of nitrogens with zero attached hydrogens (tertiary/aromatic N) is 3. The summed E-state index contributed by atoms with van der Waals surface area (Å²) in [6.45, 7) is 1.61. The number of hydrogen-bond acceptors (Lipinski definition) is 9. The van der Waals surface area contributed by atoms with Crippen LogP contribution in [0.5, 0.6) is 0 Å². The Labute approximate surface area is 276 Å². The van der Waals surface area contributed by atoms with Crippen molar-refractivity contribution in [1.29, 1.82) is 0 Å². The minimum Gasteiger partial charge on any atom is -0.357 e. The van der Waals surface area contributed by atoms with Crippen LogP contribution in [0, 0.1) is 0 Å². The van der Waals surface area contributed by atoms with Crippen molar-refractivity contribution < 1.29 is 24.0 Å². The first-order valence-electron chi connectivity index (χ1n) is 16.2. The Balaban J connectivity index is 0.923. The molecule has 3 aliphatic rings. The Kier molecular flexibility index (Phi) is 8.46. The molecule has 48 heavy (non-hydrogen) atoms. The van der Waals surface area contributed by atoms with Gasteiger partial charge in [0, 0.05) is 47.9 Å². The lowest BCUT2D eigenvalue weighted by molar-refractivity contribution is -0.136. The molecule has 5 amide bonds. The first kappa shape index (κ1) is 31.2. The second-order valence-electron chi connectivity index (χ2n) is 12.5. The van der Waals surface area contributed by atoms with Crippen molar-refractivity contribution in [1.82, 2.24) is 30.5 Å². The minimum atomic E-state index is -1.02. The maximum absolute atomic E-state index is 13.3. The summed E-state index contributed by atoms with van der Waals surface area (Å²) >= 11 is 0. The van der Waals surface area contributed by atoms with Gasteiger partial charge >= 0.3 is 0 Å². The third kappa shape index (κ3) is 6.05. The van der Waals surface area contributed by atoms with E-state index in [1.807, 2.05) is 24.3 Å². The lowest BCUT2D eigenvalue weighted by Gasteiger charge is -2.27. The molecule has 3 aliphatic heterocycles. The van der Waals surface area contributed by atoms with Gasteiger partial charge in [-0.15, -0.1) is 0 Å². The van der Waals surface area contributed by atoms with Gasteiger partial charge in [0.25, 0.3) is 17.7 Å². The number of benzene rings is 2. The minimum absolute atomic E-state index is 0.0604. The van der Waals surface area contributed by atoms with Crippen molar-refractivity contribution in [2.75, 3.05) is 30.9 Å². The van der Waals surface area contributed by atoms with Crippen molar-refractivity contribution in [2.45, 2.75) is 50.6 Å². The highest BCUT2D eigenvalue weighted by atomic mass is 16.2. The molecule has 2 aromatic carbocycles. The molecule has 0 bridgehead atoms. The van der Waals surface area contributed by atoms with Gasteiger partial charge in [0.1, 0.15) is 11.9 Å². The number of H-pyrrole nitrogens is 1. The monoisotopic (exact) mass is 648 g/mol. The number of piperidine rings is 1. The lowest BCUT2D eigenvalue weighted by atomic mass is 10.0. The summed E-state index contributed by atoms with van der Waals surface area (Å²) in [6.07, 6.45) is 5.64. The second kappa shape index (κ2) is 13.0. The van der Waals surface area contributed by atoms with E-state index in [0.717, 1.165) is 34.3 Å². The molecule has 0 spiro atoms. The summed E-state index contributed by atoms with van der Waals surface area (Å²) in [4.78, 5) is 74.7. The summed E-state index contributed by atoms with van der Waals surface area (Å²) in [6, 6.07) is 15.7. The Hall–Kier alpha value is -5.40. The fourth-order valence-corrected chi connectivity index (χ4v) is 6.81. The smallest absolute Gasteiger partial charge is 0.264 e. The summed E-state index contributed by atoms with van der Waals surface area (Å²) in [5.41, 5.74) is 10.6. The molecule has 5 N–H and O–H groups in total. The number of aromatic amines is 1. The molecule has 0 aliphatic carbocycles. The molecule has 246 valence electrons. The normalized spacial score (nSPS) is 19.6. The summed E-state index contributed by atoms with van der Waals surface area (Å²) < 4.78 is 0. The summed E-state index contributed by atoms with van der Waals surface area (Å²) in [5.74, 6) is -1.96. The average molecular weight is 649 g/mol. The molecular formula is C35H36N8O5. The number of nitrogens with one attached hydrogen (secondary N) is 5. The predicted molar refractivity (Wildman–Crippen MR) is 178 cm³/mol. The van der Waals surface area contributed by atoms with Gasteiger partial charge in [0.15, 0.2) is 0 Å². The average Bonchev–Trinajstić information content (AvgIpc) is 3.77. The summed E-state index contributed by atoms with van der Waals surface area (Å²) in [7, 11) is 2.14. The molecule has 4 aromatic rings. The molecule has 2 aromatic heterocycles. The van der Waals surface area contributed by atoms with E-state index in [4.69, 9.17) is 0 Å². The van der Waals surface area contributed by atoms with Gasteiger partial charge in [-0.2, -0.15) is 0 Å². The largest absolute Gasteiger partial charge is 0.357 e. The van der Waals surface area contributed by atoms with E-state index in [1.165, 1.54) is 12.1 Å². The van der Waals surface area contributed by atoms with Gasteiger partial charge in [0.05, 0.1) is 22.3 Å². The number of imide groups is 2. The predicted octanol–water partition coefficient (Wildman–Crippen LogP) is 3.53. The molecule has 1 unspecified atom stereocenters. The van der Waals surface area contributed by atoms with E-state index >= 15 is 0 Å². The number of anilines is 2. The van der Waals surface area contributed by atoms with Crippen LogP contribution < -0.4 is 21.5 Å². The highest BCUT2D eigenvalue weighted by Gasteiger charge is 2.45. The number of pyridine rings is 1. The van der Waals surface area contributed by atoms with E-state index in [2.05, 4.69) is 49.5 Å². The molecule has 2 atom stereocenters. The first-order chi connectivity index (χ1) is 23.3. The van der Waals surface area contributed by atoms with Crippen LogP contribution in [-0.4, -0.2) is 75.5 Å². The number of aryl methyl sites for hydroxylation is 1. The van der Waals surface area contributed by atoms with E-state index in [0.29, 0.717) is 42.5 Å². The number of carbonyl (C=O) groups excluding carboxylic acids is 5. The quantitative estimate of drug-likeness (QED) is 0.0982. The van der Waals surface area contributed by atoms with Crippen LogP contribution in [-0.2, 0) is 16.0 Å². The highest BCUT2D eigenvalue weighted by molar-refractivity contribution is 6.25. The van der Waals surface area contributed by atoms with Gasteiger partial charge in [-0.25, -0.2) is 10.4 Å². The fourth-order valence-electron chi connectivity index (χ4n) is 6.81. The van der Waals surface area contributed by atoms with Crippen LogP contribution in [0.25, 0.3) is 10.9 Å². The molecule has 2 saturated heterocycles. The molecule has 2 fully saturated rings. The van der Waals surface area contributed by atoms with Crippen LogP contribution in [0.1, 0.15) is 80.5 Å². The van der Waals surface area contributed by atoms with Gasteiger partial charge in [-0.05, 0) is 81.6 Å². The number of hydrazine groups is 1. The van der Waals surface area contributed by atoms with Gasteiger partial charge < -0.3 is 15.7 Å². The molecule has 5 heterocycles. The van der Waals surface area contributed by atoms with E-state index in [9.17, 15) is 24.0 Å². The second-order valence-corrected chi connectivity index (χ2v) is 12.5. The number of rotatable bonds is 10. The zero-order valence-corrected chi connectivity index (χ0v) is 26.5. The molecule has 7 rings (SSSR count). The van der Waals surface area contributed by atoms with E-state index in [1.54, 1.807) is 30.5 Å². The van der Waals surface area contributed by atoms with Crippen molar-refractivity contribution >= 4 is 51.9 Å². The van der Waals surface area contributed by atoms with Gasteiger partial charge in [0.2, 0.25) is 11.8 Å². The number of aromatic nitrogens is 2. The van der Waals surface area contributed by atoms with Crippen LogP contribution in [0.3, 0.4) is 0 Å². The molecular weight excluding hydrogens is 612 g/mol. The molecule has 13 nitrogen and oxygen atoms in total. The van der Waals surface area contributed by atoms with Crippen molar-refractivity contribution in [2.24, 2.45) is 0 Å². The van der Waals surface area contributed by atoms with E-state index < -0.39 is 29.7 Å². The maximum atomic E-state index is 13.3. The Bertz CT molecular complexity index is 1950. The van der Waals surface area contributed by atoms with Gasteiger partial charge in [-0.3, -0.25) is 39.1 Å². The topological polar surface area (TPSA) is 169 Å². The Morgan fingerprint density at radius 3 is 2.67 bits per heavy atom. The van der Waals surface area contributed by atoms with Crippen LogP contribution >= 0.6 is 0 Å². The maximum Gasteiger partial charge on any atom is 0.264 e. The zero-order valence-electron chi connectivity index (χ0n) is 26.5. The highest BCUT2D eigenvalue weighted by Crippen LogP contribution is 2.33. The van der Waals surface area contributed by atoms with Crippen molar-refractivity contribution in [3.05, 3.63) is 88.7 Å². The summed E-state index contributed by atoms with van der Waals surface area (Å²) in [5, 5.41) is 6.14. The lowest BCUT2D eigenvalue weighted by Crippen LogP contribution is -2.54. The fraction of sp³-hybridized carbons (Fsp3) is 0.314. The first-order valence-corrected chi connectivity index (χ1v) is 16.2. The van der Waals surface area contributed by atoms with Crippen LogP contribution in [0.15, 0.2) is 60.8 Å². The SMILES string of the molecule is CN1CCC[C@@H]1c1cc2cnc(NC(=O)c3cccc(CCCNNc4cccc5c4C(=O)N(C4CCC(=O)NC4=O)C5=O)c3)cc2[nH]1. The standard InChI is InChI=1S/C35H36N8O5/c1-42-15-5-11-27(42)26-17-22-19-36-29(18-25(22)38-26)39-32(45)21-8-2-6-20(16-21)7-4-14-37-41-24-10-3-9-23-31(24)35(48)43(34(23)47)28-12-13-30(44)40-33(28)46/h2-3,6,8-10,16-19,27-28,37-38,41H,4-5,7,11-15H2,1H3,(H,36,39,45)(H,40,44,46)/t27-,28?/m1/s1. The van der Waals surface area contributed by atoms with Crippen LogP contribution in [0.2, 0.25) is 0 Å². The molecule has 0 radical (unpaired) electrons. The number of amides is 5. The Morgan fingerprint density at radius 1 is 1.00 bits per heavy atom. The number of carbonyl (C=O) groups is 5. The Morgan fingerprint density at radius 2 is 1.85 bits per heavy atom. The third-order valence-corrected chi connectivity index (χ3v) is 9.29. The number of hydrogen-bond donors (Lipinski definition) is 5. The third-order valence-electron chi connectivity index (χ3n) is 9.29. The zero-order chi connectivity index (χ0) is 33.4. The molecule has 0 saturated carbocycles. The van der Waals surface area contributed by atoms with Crippen molar-refractivity contribution in [3.63, 3.8) is 0 Å².